The second-order valence-electron chi connectivity index (χ2n) is 13.1. The number of Topliss-reactive ketones (excluding diaryl/α,β-unsaturated/α-hetero) is 1. The van der Waals surface area contributed by atoms with Gasteiger partial charge in [0.25, 0.3) is 11.8 Å². The lowest BCUT2D eigenvalue weighted by molar-refractivity contribution is -0.136. The summed E-state index contributed by atoms with van der Waals surface area (Å²) >= 11 is 6.38. The van der Waals surface area contributed by atoms with Crippen LogP contribution in [0, 0.1) is 0 Å². The van der Waals surface area contributed by atoms with Crippen molar-refractivity contribution in [3.63, 3.8) is 0 Å². The van der Waals surface area contributed by atoms with Gasteiger partial charge in [-0.3, -0.25) is 39.0 Å². The van der Waals surface area contributed by atoms with E-state index in [0.717, 1.165) is 10.6 Å². The number of nitrogens with zero attached hydrogens (tertiary/aromatic N) is 5. The van der Waals surface area contributed by atoms with Crippen LogP contribution < -0.4 is 30.9 Å². The molecule has 3 aliphatic heterocycles. The molecule has 0 spiro atoms. The summed E-state index contributed by atoms with van der Waals surface area (Å²) < 4.78 is 5.69. The van der Waals surface area contributed by atoms with E-state index in [1.807, 2.05) is 18.2 Å². The van der Waals surface area contributed by atoms with Crippen molar-refractivity contribution < 1.29 is 33.5 Å². The monoisotopic (exact) mass is 765 g/mol. The number of benzene rings is 3. The molecule has 0 aliphatic carbocycles. The SMILES string of the molecule is COc1cc(N2CCN(C(=O)CNc3ccc4c(c3)C(=O)N(C3CCC(=O)NC3=O)C4=O)CC2)ccc1Nc1ncc(Cl)c(Nc2ccccc2C(C)=O)n1. The molecule has 5 amide bonds. The van der Waals surface area contributed by atoms with Crippen LogP contribution in [-0.4, -0.2) is 101 Å². The Morgan fingerprint density at radius 3 is 2.44 bits per heavy atom. The van der Waals surface area contributed by atoms with Gasteiger partial charge in [-0.25, -0.2) is 4.98 Å². The topological polar surface area (TPSA) is 195 Å². The smallest absolute Gasteiger partial charge is 0.262 e. The standard InChI is InChI=1S/C38H36ClN9O7/c1-21(49)24-5-3-4-6-28(24)42-34-27(39)19-41-38(45-34)43-29-10-8-23(18-31(29)55-2)46-13-15-47(16-14-46)33(51)20-40-22-7-9-25-26(17-22)37(54)48(36(25)53)30-11-12-32(50)44-35(30)52/h3-10,17-19,30,40H,11-16,20H2,1-2H3,(H,44,50,52)(H2,41,42,43,45). The zero-order chi connectivity index (χ0) is 38.8. The van der Waals surface area contributed by atoms with Crippen LogP contribution in [0.2, 0.25) is 5.02 Å². The maximum absolute atomic E-state index is 13.2. The second kappa shape index (κ2) is 15.4. The van der Waals surface area contributed by atoms with Crippen molar-refractivity contribution in [3.05, 3.63) is 88.6 Å². The van der Waals surface area contributed by atoms with E-state index in [-0.39, 0.29) is 53.2 Å². The maximum atomic E-state index is 13.2. The molecule has 7 rings (SSSR count). The Kier molecular flexibility index (Phi) is 10.3. The van der Waals surface area contributed by atoms with Crippen molar-refractivity contribution in [3.8, 4) is 5.75 Å². The zero-order valence-electron chi connectivity index (χ0n) is 29.8. The molecular formula is C38H36ClN9O7. The molecule has 2 saturated heterocycles. The molecule has 3 aromatic carbocycles. The third-order valence-electron chi connectivity index (χ3n) is 9.62. The van der Waals surface area contributed by atoms with E-state index in [1.54, 1.807) is 42.3 Å². The number of fused-ring (bicyclic) bond motifs is 1. The maximum Gasteiger partial charge on any atom is 0.262 e. The van der Waals surface area contributed by atoms with Crippen molar-refractivity contribution in [2.45, 2.75) is 25.8 Å². The van der Waals surface area contributed by atoms with Gasteiger partial charge in [-0.1, -0.05) is 23.7 Å². The number of hydrogen-bond acceptors (Lipinski definition) is 13. The molecule has 1 aromatic heterocycles. The van der Waals surface area contributed by atoms with Crippen molar-refractivity contribution in [2.24, 2.45) is 0 Å². The fourth-order valence-electron chi connectivity index (χ4n) is 6.73. The van der Waals surface area contributed by atoms with Crippen LogP contribution in [0.4, 0.5) is 34.5 Å². The molecule has 55 heavy (non-hydrogen) atoms. The first-order chi connectivity index (χ1) is 26.5. The number of amides is 5. The minimum Gasteiger partial charge on any atom is -0.494 e. The highest BCUT2D eigenvalue weighted by atomic mass is 35.5. The number of ether oxygens (including phenoxy) is 1. The van der Waals surface area contributed by atoms with Crippen LogP contribution in [0.3, 0.4) is 0 Å². The average molecular weight is 766 g/mol. The predicted molar refractivity (Wildman–Crippen MR) is 203 cm³/mol. The fourth-order valence-corrected chi connectivity index (χ4v) is 6.86. The van der Waals surface area contributed by atoms with Crippen LogP contribution in [-0.2, 0) is 14.4 Å². The van der Waals surface area contributed by atoms with Crippen LogP contribution in [0.25, 0.3) is 0 Å². The molecule has 4 aromatic rings. The van der Waals surface area contributed by atoms with Gasteiger partial charge in [0.2, 0.25) is 23.7 Å². The fraction of sp³-hybridized carbons (Fsp3) is 0.263. The van der Waals surface area contributed by atoms with Gasteiger partial charge in [0.05, 0.1) is 42.4 Å². The summed E-state index contributed by atoms with van der Waals surface area (Å²) in [6.07, 6.45) is 1.56. The number of hydrogen-bond donors (Lipinski definition) is 4. The quantitative estimate of drug-likeness (QED) is 0.127. The summed E-state index contributed by atoms with van der Waals surface area (Å²) in [5.74, 6) is -1.43. The van der Waals surface area contributed by atoms with Gasteiger partial charge in [0, 0.05) is 55.6 Å². The van der Waals surface area contributed by atoms with Gasteiger partial charge < -0.3 is 30.5 Å². The van der Waals surface area contributed by atoms with Gasteiger partial charge in [0.1, 0.15) is 16.8 Å². The number of carbonyl (C=O) groups is 6. The summed E-state index contributed by atoms with van der Waals surface area (Å²) in [5.41, 5.74) is 3.36. The number of carbonyl (C=O) groups excluding carboxylic acids is 6. The van der Waals surface area contributed by atoms with E-state index in [4.69, 9.17) is 16.3 Å². The number of anilines is 6. The van der Waals surface area contributed by atoms with Crippen LogP contribution in [0.15, 0.2) is 66.9 Å². The van der Waals surface area contributed by atoms with Crippen LogP contribution in [0.5, 0.6) is 5.75 Å². The number of ketones is 1. The molecule has 16 nitrogen and oxygen atoms in total. The predicted octanol–water partition coefficient (Wildman–Crippen LogP) is 3.99. The minimum absolute atomic E-state index is 0.0286. The average Bonchev–Trinajstić information content (AvgIpc) is 3.43. The Morgan fingerprint density at radius 2 is 1.69 bits per heavy atom. The summed E-state index contributed by atoms with van der Waals surface area (Å²) in [6.45, 7) is 3.55. The molecule has 0 saturated carbocycles. The molecule has 2 fully saturated rings. The number of aromatic nitrogens is 2. The minimum atomic E-state index is -1.05. The first kappa shape index (κ1) is 36.8. The molecule has 0 radical (unpaired) electrons. The first-order valence-electron chi connectivity index (χ1n) is 17.5. The Morgan fingerprint density at radius 1 is 0.927 bits per heavy atom. The number of rotatable bonds is 11. The van der Waals surface area contributed by atoms with E-state index in [1.165, 1.54) is 25.3 Å². The Hall–Kier alpha value is -6.55. The molecule has 17 heteroatoms. The molecule has 1 unspecified atom stereocenters. The lowest BCUT2D eigenvalue weighted by Gasteiger charge is -2.36. The summed E-state index contributed by atoms with van der Waals surface area (Å²) in [5, 5.41) is 11.8. The van der Waals surface area contributed by atoms with E-state index in [0.29, 0.717) is 60.4 Å². The molecule has 282 valence electrons. The van der Waals surface area contributed by atoms with Crippen molar-refractivity contribution >= 4 is 81.4 Å². The largest absolute Gasteiger partial charge is 0.494 e. The highest BCUT2D eigenvalue weighted by Crippen LogP contribution is 2.34. The summed E-state index contributed by atoms with van der Waals surface area (Å²) in [6, 6.07) is 16.3. The second-order valence-corrected chi connectivity index (χ2v) is 13.5. The molecule has 4 N–H and O–H groups in total. The van der Waals surface area contributed by atoms with Gasteiger partial charge in [-0.2, -0.15) is 4.98 Å². The van der Waals surface area contributed by atoms with Crippen molar-refractivity contribution in [2.75, 3.05) is 60.7 Å². The lowest BCUT2D eigenvalue weighted by Crippen LogP contribution is -2.54. The van der Waals surface area contributed by atoms with Crippen molar-refractivity contribution in [1.29, 1.82) is 0 Å². The Labute approximate surface area is 320 Å². The van der Waals surface area contributed by atoms with Gasteiger partial charge >= 0.3 is 0 Å². The summed E-state index contributed by atoms with van der Waals surface area (Å²) in [7, 11) is 1.56. The number of imide groups is 2. The van der Waals surface area contributed by atoms with E-state index in [9.17, 15) is 28.8 Å². The van der Waals surface area contributed by atoms with Gasteiger partial charge in [0.15, 0.2) is 11.6 Å². The van der Waals surface area contributed by atoms with E-state index in [2.05, 4.69) is 36.1 Å². The number of halogens is 1. The molecule has 3 aliphatic rings. The number of para-hydroxylation sites is 1. The first-order valence-corrected chi connectivity index (χ1v) is 17.9. The molecule has 0 bridgehead atoms. The van der Waals surface area contributed by atoms with Gasteiger partial charge in [-0.05, 0) is 55.8 Å². The lowest BCUT2D eigenvalue weighted by atomic mass is 10.0. The number of piperazine rings is 1. The molecule has 1 atom stereocenters. The third-order valence-corrected chi connectivity index (χ3v) is 9.89. The highest BCUT2D eigenvalue weighted by molar-refractivity contribution is 6.33. The van der Waals surface area contributed by atoms with E-state index < -0.39 is 29.7 Å². The zero-order valence-corrected chi connectivity index (χ0v) is 30.6. The van der Waals surface area contributed by atoms with Gasteiger partial charge in [-0.15, -0.1) is 0 Å². The molecule has 4 heterocycles. The number of piperidine rings is 1. The van der Waals surface area contributed by atoms with Crippen molar-refractivity contribution in [1.82, 2.24) is 25.1 Å². The Bertz CT molecular complexity index is 2240. The number of methoxy groups -OCH3 is 1. The highest BCUT2D eigenvalue weighted by Gasteiger charge is 2.44. The van der Waals surface area contributed by atoms with E-state index >= 15 is 0 Å². The third kappa shape index (κ3) is 7.62. The van der Waals surface area contributed by atoms with Crippen LogP contribution >= 0.6 is 11.6 Å². The number of nitrogens with one attached hydrogen (secondary N) is 4. The normalized spacial score (nSPS) is 16.8. The summed E-state index contributed by atoms with van der Waals surface area (Å²) in [4.78, 5) is 89.0. The Balaban J connectivity index is 0.936. The molecular weight excluding hydrogens is 730 g/mol. The van der Waals surface area contributed by atoms with Crippen LogP contribution in [0.1, 0.15) is 50.8 Å².